The van der Waals surface area contributed by atoms with Gasteiger partial charge in [0.05, 0.1) is 0 Å². The van der Waals surface area contributed by atoms with Crippen LogP contribution >= 0.6 is 0 Å². The number of piperidine rings is 1. The minimum Gasteiger partial charge on any atom is -0.353 e. The van der Waals surface area contributed by atoms with Crippen molar-refractivity contribution in [1.82, 2.24) is 25.7 Å². The summed E-state index contributed by atoms with van der Waals surface area (Å²) in [5.74, 6) is 1.39. The lowest BCUT2D eigenvalue weighted by Crippen LogP contribution is -2.47. The fraction of sp³-hybridized carbons (Fsp3) is 0.750. The van der Waals surface area contributed by atoms with Crippen molar-refractivity contribution in [3.63, 3.8) is 0 Å². The summed E-state index contributed by atoms with van der Waals surface area (Å²) in [6.07, 6.45) is 2.15. The molecule has 0 aromatic carbocycles. The number of nitrogens with zero attached hydrogens (tertiary/aromatic N) is 3. The van der Waals surface area contributed by atoms with Gasteiger partial charge in [0.1, 0.15) is 0 Å². The van der Waals surface area contributed by atoms with Crippen molar-refractivity contribution in [2.75, 3.05) is 44.2 Å². The van der Waals surface area contributed by atoms with Crippen LogP contribution in [0.15, 0.2) is 6.07 Å². The zero-order chi connectivity index (χ0) is 16.2. The lowest BCUT2D eigenvalue weighted by Gasteiger charge is -2.32. The molecule has 3 rings (SSSR count). The van der Waals surface area contributed by atoms with Gasteiger partial charge >= 0.3 is 6.03 Å². The Bertz CT molecular complexity index is 522. The second-order valence-electron chi connectivity index (χ2n) is 6.81. The predicted octanol–water partition coefficient (Wildman–Crippen LogP) is 1.12. The quantitative estimate of drug-likeness (QED) is 0.780. The Morgan fingerprint density at radius 1 is 1.35 bits per heavy atom. The van der Waals surface area contributed by atoms with E-state index in [1.807, 2.05) is 18.7 Å². The fourth-order valence-corrected chi connectivity index (χ4v) is 3.34. The third-order valence-electron chi connectivity index (χ3n) is 4.59. The standard InChI is InChI=1S/C16H28N6O/c1-12(2)18-16(23)22-7-3-4-13(11-22)14-10-15(20-19-14)21-8-5-17-6-9-21/h10,12-13,17H,3-9,11H2,1-2H3,(H,18,23)(H,19,20). The molecule has 7 nitrogen and oxygen atoms in total. The molecule has 3 heterocycles. The molecule has 1 unspecified atom stereocenters. The van der Waals surface area contributed by atoms with Crippen molar-refractivity contribution in [3.05, 3.63) is 11.8 Å². The molecule has 1 atom stereocenters. The molecule has 0 bridgehead atoms. The highest BCUT2D eigenvalue weighted by Crippen LogP contribution is 2.27. The van der Waals surface area contributed by atoms with E-state index in [1.165, 1.54) is 0 Å². The average molecular weight is 320 g/mol. The van der Waals surface area contributed by atoms with E-state index in [-0.39, 0.29) is 12.1 Å². The van der Waals surface area contributed by atoms with E-state index in [1.54, 1.807) is 0 Å². The van der Waals surface area contributed by atoms with E-state index in [4.69, 9.17) is 0 Å². The Balaban J connectivity index is 1.62. The molecule has 2 saturated heterocycles. The van der Waals surface area contributed by atoms with Crippen molar-refractivity contribution in [2.24, 2.45) is 0 Å². The number of amides is 2. The van der Waals surface area contributed by atoms with E-state index in [9.17, 15) is 4.79 Å². The van der Waals surface area contributed by atoms with Gasteiger partial charge in [0.2, 0.25) is 0 Å². The monoisotopic (exact) mass is 320 g/mol. The second-order valence-corrected chi connectivity index (χ2v) is 6.81. The van der Waals surface area contributed by atoms with Crippen molar-refractivity contribution < 1.29 is 4.79 Å². The molecule has 0 spiro atoms. The second kappa shape index (κ2) is 7.21. The smallest absolute Gasteiger partial charge is 0.317 e. The van der Waals surface area contributed by atoms with Gasteiger partial charge < -0.3 is 20.4 Å². The maximum Gasteiger partial charge on any atom is 0.317 e. The largest absolute Gasteiger partial charge is 0.353 e. The molecule has 3 N–H and O–H groups in total. The van der Waals surface area contributed by atoms with Crippen molar-refractivity contribution >= 4 is 11.8 Å². The molecule has 0 radical (unpaired) electrons. The Hall–Kier alpha value is -1.76. The molecule has 23 heavy (non-hydrogen) atoms. The van der Waals surface area contributed by atoms with Crippen molar-refractivity contribution in [2.45, 2.75) is 38.6 Å². The SMILES string of the molecule is CC(C)NC(=O)N1CCCC(c2cc(N3CCNCC3)n[nH]2)C1. The zero-order valence-corrected chi connectivity index (χ0v) is 14.1. The minimum absolute atomic E-state index is 0.0477. The number of carbonyl (C=O) groups is 1. The Morgan fingerprint density at radius 3 is 2.87 bits per heavy atom. The lowest BCUT2D eigenvalue weighted by molar-refractivity contribution is 0.176. The number of aromatic amines is 1. The number of H-pyrrole nitrogens is 1. The summed E-state index contributed by atoms with van der Waals surface area (Å²) in [6.45, 7) is 9.61. The van der Waals surface area contributed by atoms with Crippen LogP contribution in [0.4, 0.5) is 10.6 Å². The third kappa shape index (κ3) is 3.96. The topological polar surface area (TPSA) is 76.3 Å². The van der Waals surface area contributed by atoms with E-state index in [0.717, 1.165) is 63.6 Å². The molecular formula is C16H28N6O. The number of hydrogen-bond acceptors (Lipinski definition) is 4. The average Bonchev–Trinajstić information content (AvgIpc) is 3.05. The molecule has 2 aliphatic rings. The molecule has 2 amide bonds. The van der Waals surface area contributed by atoms with E-state index < -0.39 is 0 Å². The first-order valence-electron chi connectivity index (χ1n) is 8.70. The van der Waals surface area contributed by atoms with Crippen LogP contribution in [-0.2, 0) is 0 Å². The van der Waals surface area contributed by atoms with Crippen LogP contribution < -0.4 is 15.5 Å². The highest BCUT2D eigenvalue weighted by Gasteiger charge is 2.27. The molecule has 1 aromatic heterocycles. The molecule has 1 aromatic rings. The van der Waals surface area contributed by atoms with Gasteiger partial charge in [-0.15, -0.1) is 0 Å². The summed E-state index contributed by atoms with van der Waals surface area (Å²) < 4.78 is 0. The summed E-state index contributed by atoms with van der Waals surface area (Å²) in [6, 6.07) is 2.39. The highest BCUT2D eigenvalue weighted by molar-refractivity contribution is 5.74. The normalized spacial score (nSPS) is 22.5. The number of piperazine rings is 1. The van der Waals surface area contributed by atoms with Crippen LogP contribution in [0, 0.1) is 0 Å². The van der Waals surface area contributed by atoms with Crippen LogP contribution in [0.1, 0.15) is 38.3 Å². The van der Waals surface area contributed by atoms with Crippen LogP contribution in [0.2, 0.25) is 0 Å². The van der Waals surface area contributed by atoms with Crippen LogP contribution in [-0.4, -0.2) is 66.4 Å². The summed E-state index contributed by atoms with van der Waals surface area (Å²) in [5.41, 5.74) is 1.15. The number of rotatable bonds is 3. The van der Waals surface area contributed by atoms with Crippen LogP contribution in [0.5, 0.6) is 0 Å². The first kappa shape index (κ1) is 16.1. The third-order valence-corrected chi connectivity index (χ3v) is 4.59. The van der Waals surface area contributed by atoms with Gasteiger partial charge in [-0.3, -0.25) is 5.10 Å². The highest BCUT2D eigenvalue weighted by atomic mass is 16.2. The minimum atomic E-state index is 0.0477. The predicted molar refractivity (Wildman–Crippen MR) is 90.9 cm³/mol. The lowest BCUT2D eigenvalue weighted by atomic mass is 9.95. The van der Waals surface area contributed by atoms with Gasteiger partial charge in [0, 0.05) is 63.0 Å². The van der Waals surface area contributed by atoms with E-state index in [2.05, 4.69) is 31.8 Å². The van der Waals surface area contributed by atoms with Crippen LogP contribution in [0.25, 0.3) is 0 Å². The molecule has 0 aliphatic carbocycles. The number of likely N-dealkylation sites (tertiary alicyclic amines) is 1. The Morgan fingerprint density at radius 2 is 2.13 bits per heavy atom. The van der Waals surface area contributed by atoms with E-state index in [0.29, 0.717) is 5.92 Å². The van der Waals surface area contributed by atoms with Crippen LogP contribution in [0.3, 0.4) is 0 Å². The van der Waals surface area contributed by atoms with Gasteiger partial charge in [-0.05, 0) is 26.7 Å². The first-order chi connectivity index (χ1) is 11.1. The zero-order valence-electron chi connectivity index (χ0n) is 14.1. The molecule has 0 saturated carbocycles. The number of anilines is 1. The maximum atomic E-state index is 12.2. The molecular weight excluding hydrogens is 292 g/mol. The molecule has 128 valence electrons. The van der Waals surface area contributed by atoms with Crippen molar-refractivity contribution in [1.29, 1.82) is 0 Å². The van der Waals surface area contributed by atoms with E-state index >= 15 is 0 Å². The summed E-state index contributed by atoms with van der Waals surface area (Å²) in [7, 11) is 0. The van der Waals surface area contributed by atoms with Gasteiger partial charge in [0.25, 0.3) is 0 Å². The molecule has 2 aliphatic heterocycles. The number of hydrogen-bond donors (Lipinski definition) is 3. The number of nitrogens with one attached hydrogen (secondary N) is 3. The summed E-state index contributed by atoms with van der Waals surface area (Å²) in [5, 5.41) is 14.0. The maximum absolute atomic E-state index is 12.2. The van der Waals surface area contributed by atoms with Gasteiger partial charge in [-0.2, -0.15) is 5.10 Å². The van der Waals surface area contributed by atoms with Crippen molar-refractivity contribution in [3.8, 4) is 0 Å². The van der Waals surface area contributed by atoms with Gasteiger partial charge in [-0.25, -0.2) is 4.79 Å². The Kier molecular flexibility index (Phi) is 5.05. The Labute approximate surface area is 137 Å². The summed E-state index contributed by atoms with van der Waals surface area (Å²) in [4.78, 5) is 16.4. The first-order valence-corrected chi connectivity index (χ1v) is 8.70. The number of aromatic nitrogens is 2. The number of urea groups is 1. The molecule has 7 heteroatoms. The van der Waals surface area contributed by atoms with Gasteiger partial charge in [0.15, 0.2) is 5.82 Å². The summed E-state index contributed by atoms with van der Waals surface area (Å²) >= 11 is 0. The fourth-order valence-electron chi connectivity index (χ4n) is 3.34. The number of carbonyl (C=O) groups excluding carboxylic acids is 1. The molecule has 2 fully saturated rings. The van der Waals surface area contributed by atoms with Gasteiger partial charge in [-0.1, -0.05) is 0 Å².